The van der Waals surface area contributed by atoms with Crippen molar-refractivity contribution in [1.29, 1.82) is 0 Å². The van der Waals surface area contributed by atoms with Crippen LogP contribution < -0.4 is 5.32 Å². The number of carboxylic acids is 1. The maximum absolute atomic E-state index is 12.9. The van der Waals surface area contributed by atoms with E-state index in [1.165, 1.54) is 6.92 Å². The highest BCUT2D eigenvalue weighted by molar-refractivity contribution is 5.96. The van der Waals surface area contributed by atoms with Crippen molar-refractivity contribution in [3.8, 4) is 0 Å². The standard InChI is InChI=1S/C11H11F2NO4/c1-5(15)9(11(17)18)14-10(16)6-2-7(12)4-8(13)3-6/h2-5,9,15H,1H3,(H,14,16)(H,17,18)/t5-,9+/m1/s1. The largest absolute Gasteiger partial charge is 0.480 e. The van der Waals surface area contributed by atoms with Crippen LogP contribution in [-0.2, 0) is 4.79 Å². The van der Waals surface area contributed by atoms with Crippen molar-refractivity contribution in [3.63, 3.8) is 0 Å². The van der Waals surface area contributed by atoms with Crippen molar-refractivity contribution in [1.82, 2.24) is 5.32 Å². The maximum Gasteiger partial charge on any atom is 0.328 e. The van der Waals surface area contributed by atoms with Gasteiger partial charge in [0.15, 0.2) is 6.04 Å². The second kappa shape index (κ2) is 5.54. The van der Waals surface area contributed by atoms with Crippen LogP contribution >= 0.6 is 0 Å². The Hall–Kier alpha value is -2.02. The van der Waals surface area contributed by atoms with Crippen molar-refractivity contribution in [3.05, 3.63) is 35.4 Å². The van der Waals surface area contributed by atoms with Crippen molar-refractivity contribution in [2.75, 3.05) is 0 Å². The monoisotopic (exact) mass is 259 g/mol. The van der Waals surface area contributed by atoms with E-state index in [0.29, 0.717) is 6.07 Å². The lowest BCUT2D eigenvalue weighted by Gasteiger charge is -2.16. The van der Waals surface area contributed by atoms with E-state index in [1.54, 1.807) is 0 Å². The Labute approximate surface area is 101 Å². The van der Waals surface area contributed by atoms with Crippen molar-refractivity contribution < 1.29 is 28.6 Å². The van der Waals surface area contributed by atoms with Gasteiger partial charge in [0.1, 0.15) is 11.6 Å². The van der Waals surface area contributed by atoms with E-state index >= 15 is 0 Å². The normalized spacial score (nSPS) is 13.8. The third-order valence-electron chi connectivity index (χ3n) is 2.16. The number of benzene rings is 1. The highest BCUT2D eigenvalue weighted by Gasteiger charge is 2.25. The van der Waals surface area contributed by atoms with Gasteiger partial charge in [0, 0.05) is 11.6 Å². The van der Waals surface area contributed by atoms with Gasteiger partial charge in [-0.25, -0.2) is 13.6 Å². The smallest absolute Gasteiger partial charge is 0.328 e. The van der Waals surface area contributed by atoms with E-state index in [4.69, 9.17) is 10.2 Å². The second-order valence-electron chi connectivity index (χ2n) is 3.69. The quantitative estimate of drug-likeness (QED) is 0.736. The van der Waals surface area contributed by atoms with Gasteiger partial charge in [-0.15, -0.1) is 0 Å². The van der Waals surface area contributed by atoms with Crippen LogP contribution in [0.15, 0.2) is 18.2 Å². The Morgan fingerprint density at radius 1 is 1.22 bits per heavy atom. The summed E-state index contributed by atoms with van der Waals surface area (Å²) in [4.78, 5) is 22.3. The van der Waals surface area contributed by atoms with Crippen molar-refractivity contribution >= 4 is 11.9 Å². The Bertz CT molecular complexity index is 456. The van der Waals surface area contributed by atoms with Crippen LogP contribution in [0.2, 0.25) is 0 Å². The summed E-state index contributed by atoms with van der Waals surface area (Å²) in [5.74, 6) is -4.34. The van der Waals surface area contributed by atoms with E-state index in [0.717, 1.165) is 12.1 Å². The molecule has 0 aliphatic heterocycles. The molecule has 1 aromatic rings. The van der Waals surface area contributed by atoms with Crippen LogP contribution in [0.3, 0.4) is 0 Å². The minimum Gasteiger partial charge on any atom is -0.480 e. The number of hydrogen-bond acceptors (Lipinski definition) is 3. The molecule has 0 unspecified atom stereocenters. The molecule has 0 saturated heterocycles. The average Bonchev–Trinajstić information content (AvgIpc) is 2.23. The van der Waals surface area contributed by atoms with Gasteiger partial charge >= 0.3 is 5.97 Å². The fraction of sp³-hybridized carbons (Fsp3) is 0.273. The fourth-order valence-electron chi connectivity index (χ4n) is 1.30. The summed E-state index contributed by atoms with van der Waals surface area (Å²) in [5, 5.41) is 19.8. The highest BCUT2D eigenvalue weighted by Crippen LogP contribution is 2.08. The van der Waals surface area contributed by atoms with Gasteiger partial charge in [-0.3, -0.25) is 4.79 Å². The number of hydrogen-bond donors (Lipinski definition) is 3. The molecule has 7 heteroatoms. The minimum atomic E-state index is -1.55. The molecular formula is C11H11F2NO4. The Morgan fingerprint density at radius 2 is 1.72 bits per heavy atom. The van der Waals surface area contributed by atoms with Gasteiger partial charge in [-0.1, -0.05) is 0 Å². The Balaban J connectivity index is 2.90. The molecule has 18 heavy (non-hydrogen) atoms. The van der Waals surface area contributed by atoms with Crippen molar-refractivity contribution in [2.45, 2.75) is 19.1 Å². The summed E-state index contributed by atoms with van der Waals surface area (Å²) >= 11 is 0. The summed E-state index contributed by atoms with van der Waals surface area (Å²) in [5.41, 5.74) is -0.362. The summed E-state index contributed by atoms with van der Waals surface area (Å²) in [6.07, 6.45) is -1.34. The molecule has 0 bridgehead atoms. The Kier molecular flexibility index (Phi) is 4.33. The summed E-state index contributed by atoms with van der Waals surface area (Å²) in [7, 11) is 0. The van der Waals surface area contributed by atoms with Gasteiger partial charge in [0.25, 0.3) is 5.91 Å². The lowest BCUT2D eigenvalue weighted by Crippen LogP contribution is -2.47. The lowest BCUT2D eigenvalue weighted by molar-refractivity contribution is -0.141. The number of carboxylic acid groups (broad SMARTS) is 1. The third-order valence-corrected chi connectivity index (χ3v) is 2.16. The predicted molar refractivity (Wildman–Crippen MR) is 56.9 cm³/mol. The number of nitrogens with one attached hydrogen (secondary N) is 1. The van der Waals surface area contributed by atoms with Gasteiger partial charge in [0.05, 0.1) is 6.10 Å². The summed E-state index contributed by atoms with van der Waals surface area (Å²) in [6.45, 7) is 1.17. The molecular weight excluding hydrogens is 248 g/mol. The molecule has 1 amide bonds. The van der Waals surface area contributed by atoms with Crippen LogP contribution in [0.1, 0.15) is 17.3 Å². The molecule has 2 atom stereocenters. The molecule has 0 fully saturated rings. The first-order valence-corrected chi connectivity index (χ1v) is 4.99. The van der Waals surface area contributed by atoms with Gasteiger partial charge in [-0.2, -0.15) is 0 Å². The van der Waals surface area contributed by atoms with Crippen LogP contribution in [0.5, 0.6) is 0 Å². The zero-order valence-corrected chi connectivity index (χ0v) is 9.35. The molecule has 5 nitrogen and oxygen atoms in total. The maximum atomic E-state index is 12.9. The van der Waals surface area contributed by atoms with Crippen LogP contribution in [0, 0.1) is 11.6 Å². The van der Waals surface area contributed by atoms with Crippen molar-refractivity contribution in [2.24, 2.45) is 0 Å². The van der Waals surface area contributed by atoms with Gasteiger partial charge < -0.3 is 15.5 Å². The molecule has 3 N–H and O–H groups in total. The van der Waals surface area contributed by atoms with E-state index in [-0.39, 0.29) is 5.56 Å². The molecule has 0 radical (unpaired) electrons. The number of aliphatic hydroxyl groups is 1. The zero-order valence-electron chi connectivity index (χ0n) is 9.35. The third kappa shape index (κ3) is 3.49. The minimum absolute atomic E-state index is 0.362. The van der Waals surface area contributed by atoms with Gasteiger partial charge in [-0.05, 0) is 19.1 Å². The van der Waals surface area contributed by atoms with E-state index in [2.05, 4.69) is 0 Å². The molecule has 1 aromatic carbocycles. The zero-order chi connectivity index (χ0) is 13.9. The SMILES string of the molecule is C[C@@H](O)[C@H](NC(=O)c1cc(F)cc(F)c1)C(=O)O. The predicted octanol–water partition coefficient (Wildman–Crippen LogP) is 0.529. The molecule has 0 saturated carbocycles. The number of halogens is 2. The topological polar surface area (TPSA) is 86.6 Å². The number of amides is 1. The number of carbonyl (C=O) groups excluding carboxylic acids is 1. The first kappa shape index (κ1) is 14.0. The molecule has 1 rings (SSSR count). The number of rotatable bonds is 4. The highest BCUT2D eigenvalue weighted by atomic mass is 19.1. The van der Waals surface area contributed by atoms with Crippen LogP contribution in [0.25, 0.3) is 0 Å². The van der Waals surface area contributed by atoms with Crippen LogP contribution in [-0.4, -0.2) is 34.2 Å². The molecule has 98 valence electrons. The molecule has 0 spiro atoms. The molecule has 0 heterocycles. The number of carbonyl (C=O) groups is 2. The van der Waals surface area contributed by atoms with Crippen LogP contribution in [0.4, 0.5) is 8.78 Å². The first-order chi connectivity index (χ1) is 8.31. The fourth-order valence-corrected chi connectivity index (χ4v) is 1.30. The Morgan fingerprint density at radius 3 is 2.11 bits per heavy atom. The van der Waals surface area contributed by atoms with Gasteiger partial charge in [0.2, 0.25) is 0 Å². The average molecular weight is 259 g/mol. The number of aliphatic hydroxyl groups excluding tert-OH is 1. The van der Waals surface area contributed by atoms with E-state index in [1.807, 2.05) is 5.32 Å². The van der Waals surface area contributed by atoms with E-state index in [9.17, 15) is 18.4 Å². The first-order valence-electron chi connectivity index (χ1n) is 4.99. The lowest BCUT2D eigenvalue weighted by atomic mass is 10.1. The second-order valence-corrected chi connectivity index (χ2v) is 3.69. The molecule has 0 aromatic heterocycles. The van der Waals surface area contributed by atoms with E-state index < -0.39 is 35.7 Å². The molecule has 0 aliphatic carbocycles. The number of aliphatic carboxylic acids is 1. The summed E-state index contributed by atoms with van der Waals surface area (Å²) in [6, 6.07) is 0.558. The summed E-state index contributed by atoms with van der Waals surface area (Å²) < 4.78 is 25.7. The molecule has 0 aliphatic rings.